The van der Waals surface area contributed by atoms with Gasteiger partial charge in [0.15, 0.2) is 0 Å². The van der Waals surface area contributed by atoms with Crippen LogP contribution in [0.5, 0.6) is 0 Å². The number of nitrogens with one attached hydrogen (secondary N) is 1. The molecule has 0 aliphatic carbocycles. The van der Waals surface area contributed by atoms with Crippen LogP contribution in [-0.4, -0.2) is 87.7 Å². The van der Waals surface area contributed by atoms with Gasteiger partial charge in [0.25, 0.3) is 0 Å². The van der Waals surface area contributed by atoms with Crippen LogP contribution in [0.3, 0.4) is 0 Å². The molecule has 238 valence electrons. The second kappa shape index (κ2) is 12.5. The highest BCUT2D eigenvalue weighted by atomic mass is 16.5. The molecule has 2 fully saturated rings. The van der Waals surface area contributed by atoms with Gasteiger partial charge in [-0.15, -0.1) is 0 Å². The molecule has 0 unspecified atom stereocenters. The zero-order chi connectivity index (χ0) is 31.8. The van der Waals surface area contributed by atoms with Crippen molar-refractivity contribution in [2.24, 2.45) is 17.8 Å². The number of ether oxygens (including phenoxy) is 2. The fraction of sp³-hybridized carbons (Fsp3) is 0.588. The summed E-state index contributed by atoms with van der Waals surface area (Å²) in [5.74, 6) is -3.30. The van der Waals surface area contributed by atoms with Crippen molar-refractivity contribution in [2.75, 3.05) is 19.8 Å². The van der Waals surface area contributed by atoms with Crippen LogP contribution in [0.25, 0.3) is 0 Å². The lowest BCUT2D eigenvalue weighted by Gasteiger charge is -2.42. The molecule has 0 radical (unpaired) electrons. The summed E-state index contributed by atoms with van der Waals surface area (Å²) >= 11 is 0. The Morgan fingerprint density at radius 1 is 1.07 bits per heavy atom. The fourth-order valence-corrected chi connectivity index (χ4v) is 7.19. The summed E-state index contributed by atoms with van der Waals surface area (Å²) in [7, 11) is 0. The van der Waals surface area contributed by atoms with E-state index in [1.165, 1.54) is 4.90 Å². The Labute approximate surface area is 259 Å². The molecule has 10 nitrogen and oxygen atoms in total. The highest BCUT2D eigenvalue weighted by molar-refractivity contribution is 6.00. The second-order valence-electron chi connectivity index (χ2n) is 13.7. The van der Waals surface area contributed by atoms with Gasteiger partial charge in [0.05, 0.1) is 36.6 Å². The van der Waals surface area contributed by atoms with Crippen molar-refractivity contribution in [1.29, 1.82) is 0 Å². The average Bonchev–Trinajstić information content (AvgIpc) is 3.35. The summed E-state index contributed by atoms with van der Waals surface area (Å²) in [5.41, 5.74) is -1.22. The third-order valence-corrected chi connectivity index (χ3v) is 9.16. The zero-order valence-corrected chi connectivity index (χ0v) is 26.3. The second-order valence-corrected chi connectivity index (χ2v) is 13.7. The van der Waals surface area contributed by atoms with E-state index in [1.54, 1.807) is 23.1 Å². The highest BCUT2D eigenvalue weighted by Crippen LogP contribution is 2.54. The molecule has 0 bridgehead atoms. The first-order valence-electron chi connectivity index (χ1n) is 15.7. The minimum atomic E-state index is -1.43. The lowest BCUT2D eigenvalue weighted by atomic mass is 9.77. The van der Waals surface area contributed by atoms with Crippen molar-refractivity contribution in [1.82, 2.24) is 15.1 Å². The van der Waals surface area contributed by atoms with E-state index in [2.05, 4.69) is 5.32 Å². The van der Waals surface area contributed by atoms with Crippen molar-refractivity contribution in [3.8, 4) is 0 Å². The number of aliphatic hydroxyl groups is 1. The molecule has 0 saturated carbocycles. The number of likely N-dealkylation sites (tertiary alicyclic amines) is 1. The summed E-state index contributed by atoms with van der Waals surface area (Å²) in [6, 6.07) is 6.90. The molecule has 4 aliphatic heterocycles. The smallest absolute Gasteiger partial charge is 0.306 e. The van der Waals surface area contributed by atoms with E-state index < -0.39 is 53.1 Å². The zero-order valence-electron chi connectivity index (χ0n) is 26.3. The number of benzene rings is 1. The van der Waals surface area contributed by atoms with E-state index in [0.29, 0.717) is 19.4 Å². The van der Waals surface area contributed by atoms with Crippen LogP contribution < -0.4 is 5.32 Å². The largest absolute Gasteiger partial charge is 0.463 e. The van der Waals surface area contributed by atoms with Gasteiger partial charge < -0.3 is 29.7 Å². The van der Waals surface area contributed by atoms with E-state index >= 15 is 0 Å². The lowest BCUT2D eigenvalue weighted by molar-refractivity contribution is -0.154. The van der Waals surface area contributed by atoms with Gasteiger partial charge in [0.1, 0.15) is 18.2 Å². The van der Waals surface area contributed by atoms with Crippen LogP contribution in [0.4, 0.5) is 0 Å². The monoisotopic (exact) mass is 607 g/mol. The normalized spacial score (nSPS) is 32.6. The molecule has 1 aromatic carbocycles. The molecule has 1 spiro atoms. The third kappa shape index (κ3) is 5.81. The Bertz CT molecular complexity index is 1320. The van der Waals surface area contributed by atoms with Crippen molar-refractivity contribution < 1.29 is 33.8 Å². The minimum absolute atomic E-state index is 0.0606. The number of allylic oxidation sites excluding steroid dienone is 1. The van der Waals surface area contributed by atoms with Gasteiger partial charge in [-0.25, -0.2) is 0 Å². The van der Waals surface area contributed by atoms with E-state index in [0.717, 1.165) is 5.56 Å². The Hall–Kier alpha value is -3.50. The minimum Gasteiger partial charge on any atom is -0.463 e. The maximum Gasteiger partial charge on any atom is 0.306 e. The molecule has 4 heterocycles. The molecule has 1 aromatic rings. The van der Waals surface area contributed by atoms with Crippen LogP contribution in [0.1, 0.15) is 65.5 Å². The van der Waals surface area contributed by atoms with Crippen LogP contribution >= 0.6 is 0 Å². The van der Waals surface area contributed by atoms with Crippen molar-refractivity contribution in [3.05, 3.63) is 60.2 Å². The standard InChI is InChI=1S/C34H45N3O7/c1-21(2)18-23(19-38)37-29-32(42)36(33(3,4)5)17-11-16-34(29)28(31(37)41)27-25(44-34)14-9-10-15-26(39)43-20-24(35-30(27)40)22-12-7-6-8-13-22/h6-9,11-14,16,21,23-25,27-29,38H,10,15,17-20H2,1-5H3,(H,35,40)/b14-9-/t23-,24-,25+,27-,28-,29+,34-/m1/s1. The van der Waals surface area contributed by atoms with Crippen molar-refractivity contribution in [3.63, 3.8) is 0 Å². The number of carbonyl (C=O) groups excluding carboxylic acids is 4. The van der Waals surface area contributed by atoms with Crippen molar-refractivity contribution in [2.45, 2.75) is 89.3 Å². The Kier molecular flexibility index (Phi) is 9.05. The van der Waals surface area contributed by atoms with Gasteiger partial charge in [-0.1, -0.05) is 68.5 Å². The number of esters is 1. The number of aliphatic hydroxyl groups excluding tert-OH is 1. The molecule has 4 aliphatic rings. The SMILES string of the molecule is CC(C)C[C@H](CO)N1C(=O)[C@H]2[C@@H]3C(=O)N[C@@H](c4ccccc4)COC(=O)CC/C=C\[C@@H]3O[C@]23C=CCN(C(C)(C)C)C(=O)[C@H]13. The summed E-state index contributed by atoms with van der Waals surface area (Å²) in [4.78, 5) is 59.2. The number of cyclic esters (lactones) is 1. The first-order valence-corrected chi connectivity index (χ1v) is 15.7. The highest BCUT2D eigenvalue weighted by Gasteiger charge is 2.72. The average molecular weight is 608 g/mol. The number of hydrogen-bond donors (Lipinski definition) is 2. The molecule has 10 heteroatoms. The molecular formula is C34H45N3O7. The Morgan fingerprint density at radius 3 is 2.45 bits per heavy atom. The van der Waals surface area contributed by atoms with E-state index in [1.807, 2.05) is 71.0 Å². The molecule has 2 N–H and O–H groups in total. The van der Waals surface area contributed by atoms with Crippen LogP contribution in [0, 0.1) is 17.8 Å². The number of carbonyl (C=O) groups is 4. The first kappa shape index (κ1) is 31.9. The Morgan fingerprint density at radius 2 is 1.80 bits per heavy atom. The molecule has 7 atom stereocenters. The topological polar surface area (TPSA) is 125 Å². The van der Waals surface area contributed by atoms with Gasteiger partial charge in [-0.05, 0) is 45.1 Å². The summed E-state index contributed by atoms with van der Waals surface area (Å²) in [6.07, 6.45) is 7.36. The van der Waals surface area contributed by atoms with E-state index in [9.17, 15) is 24.3 Å². The predicted molar refractivity (Wildman–Crippen MR) is 163 cm³/mol. The number of amides is 3. The maximum atomic E-state index is 14.7. The molecule has 2 saturated heterocycles. The fourth-order valence-electron chi connectivity index (χ4n) is 7.19. The van der Waals surface area contributed by atoms with Gasteiger partial charge in [-0.2, -0.15) is 0 Å². The summed E-state index contributed by atoms with van der Waals surface area (Å²) in [6.45, 7) is 9.77. The third-order valence-electron chi connectivity index (χ3n) is 9.16. The summed E-state index contributed by atoms with van der Waals surface area (Å²) in [5, 5.41) is 13.6. The lowest BCUT2D eigenvalue weighted by Crippen LogP contribution is -2.60. The van der Waals surface area contributed by atoms with Gasteiger partial charge in [0.2, 0.25) is 17.7 Å². The summed E-state index contributed by atoms with van der Waals surface area (Å²) < 4.78 is 12.3. The number of hydrogen-bond acceptors (Lipinski definition) is 7. The van der Waals surface area contributed by atoms with E-state index in [4.69, 9.17) is 9.47 Å². The van der Waals surface area contributed by atoms with Crippen LogP contribution in [0.15, 0.2) is 54.6 Å². The van der Waals surface area contributed by atoms with Crippen LogP contribution in [-0.2, 0) is 28.7 Å². The maximum absolute atomic E-state index is 14.7. The molecule has 0 aromatic heterocycles. The molecule has 5 rings (SSSR count). The van der Waals surface area contributed by atoms with Crippen LogP contribution in [0.2, 0.25) is 0 Å². The van der Waals surface area contributed by atoms with Crippen molar-refractivity contribution >= 4 is 23.7 Å². The molecule has 3 amide bonds. The predicted octanol–water partition coefficient (Wildman–Crippen LogP) is 2.92. The van der Waals surface area contributed by atoms with Gasteiger partial charge in [0, 0.05) is 18.5 Å². The molecular weight excluding hydrogens is 562 g/mol. The van der Waals surface area contributed by atoms with Gasteiger partial charge in [-0.3, -0.25) is 19.2 Å². The van der Waals surface area contributed by atoms with E-state index in [-0.39, 0.29) is 43.3 Å². The quantitative estimate of drug-likeness (QED) is 0.390. The molecule has 44 heavy (non-hydrogen) atoms. The van der Waals surface area contributed by atoms with Gasteiger partial charge >= 0.3 is 5.97 Å². The first-order chi connectivity index (χ1) is 20.9. The number of rotatable bonds is 5. The number of nitrogens with zero attached hydrogens (tertiary/aromatic N) is 2. The Balaban J connectivity index is 1.63. The number of fused-ring (bicyclic) bond motifs is 2.